The minimum absolute atomic E-state index is 0.761. The number of nitrogens with zero attached hydrogens (tertiary/aromatic N) is 3. The van der Waals surface area contributed by atoms with Crippen molar-refractivity contribution in [2.24, 2.45) is 0 Å². The van der Waals surface area contributed by atoms with Gasteiger partial charge in [-0.1, -0.05) is 11.8 Å². The Labute approximate surface area is 100 Å². The second-order valence-electron chi connectivity index (χ2n) is 2.82. The maximum absolute atomic E-state index is 4.43. The number of rotatable bonds is 2. The van der Waals surface area contributed by atoms with Crippen molar-refractivity contribution in [3.8, 4) is 0 Å². The van der Waals surface area contributed by atoms with Gasteiger partial charge in [-0.25, -0.2) is 15.0 Å². The molecule has 0 amide bonds. The van der Waals surface area contributed by atoms with Gasteiger partial charge in [-0.2, -0.15) is 0 Å². The Morgan fingerprint density at radius 2 is 2.13 bits per heavy atom. The molecule has 0 aliphatic heterocycles. The lowest BCUT2D eigenvalue weighted by Gasteiger charge is -2.06. The van der Waals surface area contributed by atoms with Gasteiger partial charge in [-0.05, 0) is 22.2 Å². The number of pyridine rings is 1. The first-order valence-corrected chi connectivity index (χ1v) is 6.31. The number of aromatic nitrogens is 3. The molecule has 0 fully saturated rings. The molecule has 2 rings (SSSR count). The highest BCUT2D eigenvalue weighted by atomic mass is 79.9. The number of halogens is 1. The molecule has 15 heavy (non-hydrogen) atoms. The number of hydrogen-bond donors (Lipinski definition) is 1. The first-order valence-electron chi connectivity index (χ1n) is 4.29. The molecule has 0 unspecified atom stereocenters. The predicted molar refractivity (Wildman–Crippen MR) is 66.4 cm³/mol. The van der Waals surface area contributed by atoms with Gasteiger partial charge >= 0.3 is 0 Å². The van der Waals surface area contributed by atoms with E-state index in [1.807, 2.05) is 13.3 Å². The lowest BCUT2D eigenvalue weighted by Crippen LogP contribution is -1.96. The summed E-state index contributed by atoms with van der Waals surface area (Å²) in [5, 5.41) is 4.70. The standard InChI is InChI=1S/C9H9BrN4S/c1-11-8-5-3-13-9(15-2)14-7(5)6(10)4-12-8/h3-4H,1-2H3,(H,11,12). The second kappa shape index (κ2) is 4.32. The van der Waals surface area contributed by atoms with Crippen LogP contribution in [-0.4, -0.2) is 28.3 Å². The summed E-state index contributed by atoms with van der Waals surface area (Å²) in [6.07, 6.45) is 5.48. The van der Waals surface area contributed by atoms with E-state index in [0.29, 0.717) is 0 Å². The molecule has 4 nitrogen and oxygen atoms in total. The Balaban J connectivity index is 2.75. The van der Waals surface area contributed by atoms with Crippen LogP contribution in [0.4, 0.5) is 5.82 Å². The van der Waals surface area contributed by atoms with E-state index in [1.165, 1.54) is 11.8 Å². The molecule has 0 bridgehead atoms. The fourth-order valence-electron chi connectivity index (χ4n) is 1.27. The zero-order valence-electron chi connectivity index (χ0n) is 8.28. The maximum Gasteiger partial charge on any atom is 0.187 e. The van der Waals surface area contributed by atoms with Crippen LogP contribution in [0.5, 0.6) is 0 Å². The average Bonchev–Trinajstić information content (AvgIpc) is 2.29. The fraction of sp³-hybridized carbons (Fsp3) is 0.222. The van der Waals surface area contributed by atoms with E-state index < -0.39 is 0 Å². The van der Waals surface area contributed by atoms with Crippen LogP contribution in [0.2, 0.25) is 0 Å². The molecule has 78 valence electrons. The van der Waals surface area contributed by atoms with Gasteiger partial charge in [-0.3, -0.25) is 0 Å². The van der Waals surface area contributed by atoms with Crippen LogP contribution >= 0.6 is 27.7 Å². The van der Waals surface area contributed by atoms with Crippen molar-refractivity contribution in [1.82, 2.24) is 15.0 Å². The average molecular weight is 285 g/mol. The van der Waals surface area contributed by atoms with Crippen molar-refractivity contribution in [1.29, 1.82) is 0 Å². The smallest absolute Gasteiger partial charge is 0.187 e. The van der Waals surface area contributed by atoms with Gasteiger partial charge in [0.2, 0.25) is 0 Å². The van der Waals surface area contributed by atoms with E-state index in [0.717, 1.165) is 26.3 Å². The highest BCUT2D eigenvalue weighted by molar-refractivity contribution is 9.10. The molecule has 0 aromatic carbocycles. The van der Waals surface area contributed by atoms with E-state index in [4.69, 9.17) is 0 Å². The zero-order chi connectivity index (χ0) is 10.8. The monoisotopic (exact) mass is 284 g/mol. The van der Waals surface area contributed by atoms with Crippen molar-refractivity contribution >= 4 is 44.4 Å². The summed E-state index contributed by atoms with van der Waals surface area (Å²) >= 11 is 4.96. The number of hydrogen-bond acceptors (Lipinski definition) is 5. The number of nitrogens with one attached hydrogen (secondary N) is 1. The summed E-state index contributed by atoms with van der Waals surface area (Å²) in [5.74, 6) is 0.792. The summed E-state index contributed by atoms with van der Waals surface area (Å²) in [6.45, 7) is 0. The molecule has 0 aliphatic rings. The van der Waals surface area contributed by atoms with Gasteiger partial charge in [0.1, 0.15) is 5.82 Å². The van der Waals surface area contributed by atoms with Crippen LogP contribution in [0, 0.1) is 0 Å². The largest absolute Gasteiger partial charge is 0.373 e. The second-order valence-corrected chi connectivity index (χ2v) is 4.45. The maximum atomic E-state index is 4.43. The van der Waals surface area contributed by atoms with Crippen LogP contribution in [0.15, 0.2) is 22.0 Å². The summed E-state index contributed by atoms with van der Waals surface area (Å²) in [7, 11) is 1.83. The van der Waals surface area contributed by atoms with Crippen molar-refractivity contribution in [2.45, 2.75) is 5.16 Å². The van der Waals surface area contributed by atoms with Gasteiger partial charge in [0.15, 0.2) is 5.16 Å². The normalized spacial score (nSPS) is 10.6. The Morgan fingerprint density at radius 1 is 1.33 bits per heavy atom. The highest BCUT2D eigenvalue weighted by Gasteiger charge is 2.07. The van der Waals surface area contributed by atoms with Crippen LogP contribution < -0.4 is 5.32 Å². The Morgan fingerprint density at radius 3 is 2.80 bits per heavy atom. The topological polar surface area (TPSA) is 50.7 Å². The lowest BCUT2D eigenvalue weighted by atomic mass is 10.3. The van der Waals surface area contributed by atoms with Gasteiger partial charge in [0.25, 0.3) is 0 Å². The first-order chi connectivity index (χ1) is 7.26. The number of anilines is 1. The third kappa shape index (κ3) is 1.91. The van der Waals surface area contributed by atoms with Crippen molar-refractivity contribution < 1.29 is 0 Å². The molecule has 2 heterocycles. The minimum atomic E-state index is 0.761. The molecule has 6 heteroatoms. The van der Waals surface area contributed by atoms with Crippen LogP contribution in [0.3, 0.4) is 0 Å². The molecule has 0 saturated carbocycles. The van der Waals surface area contributed by atoms with Crippen molar-refractivity contribution in [2.75, 3.05) is 18.6 Å². The van der Waals surface area contributed by atoms with Crippen molar-refractivity contribution in [3.63, 3.8) is 0 Å². The fourth-order valence-corrected chi connectivity index (χ4v) is 2.02. The summed E-state index contributed by atoms with van der Waals surface area (Å²) in [4.78, 5) is 12.9. The van der Waals surface area contributed by atoms with E-state index in [-0.39, 0.29) is 0 Å². The molecule has 0 saturated heterocycles. The Bertz CT molecular complexity index is 503. The van der Waals surface area contributed by atoms with E-state index in [2.05, 4.69) is 36.2 Å². The lowest BCUT2D eigenvalue weighted by molar-refractivity contribution is 1.00. The number of fused-ring (bicyclic) bond motifs is 1. The SMILES string of the molecule is CNc1ncc(Br)c2nc(SC)ncc12. The minimum Gasteiger partial charge on any atom is -0.373 e. The quantitative estimate of drug-likeness (QED) is 0.679. The summed E-state index contributed by atoms with van der Waals surface area (Å²) < 4.78 is 0.884. The predicted octanol–water partition coefficient (Wildman–Crippen LogP) is 2.55. The molecular formula is C9H9BrN4S. The molecule has 0 radical (unpaired) electrons. The highest BCUT2D eigenvalue weighted by Crippen LogP contribution is 2.26. The molecule has 0 spiro atoms. The Hall–Kier alpha value is -0.880. The molecule has 2 aromatic rings. The van der Waals surface area contributed by atoms with Gasteiger partial charge < -0.3 is 5.32 Å². The first kappa shape index (κ1) is 10.6. The zero-order valence-corrected chi connectivity index (χ0v) is 10.7. The van der Waals surface area contributed by atoms with E-state index in [1.54, 1.807) is 12.4 Å². The number of thioether (sulfide) groups is 1. The van der Waals surface area contributed by atoms with E-state index >= 15 is 0 Å². The van der Waals surface area contributed by atoms with Gasteiger partial charge in [-0.15, -0.1) is 0 Å². The summed E-state index contributed by atoms with van der Waals surface area (Å²) in [5.41, 5.74) is 0.883. The van der Waals surface area contributed by atoms with Crippen LogP contribution in [-0.2, 0) is 0 Å². The molecule has 2 aromatic heterocycles. The molecule has 1 N–H and O–H groups in total. The van der Waals surface area contributed by atoms with Crippen LogP contribution in [0.1, 0.15) is 0 Å². The van der Waals surface area contributed by atoms with Crippen molar-refractivity contribution in [3.05, 3.63) is 16.9 Å². The molecular weight excluding hydrogens is 276 g/mol. The van der Waals surface area contributed by atoms with Crippen LogP contribution in [0.25, 0.3) is 10.9 Å². The summed E-state index contributed by atoms with van der Waals surface area (Å²) in [6, 6.07) is 0. The Kier molecular flexibility index (Phi) is 3.06. The molecule has 0 aliphatic carbocycles. The third-order valence-corrected chi connectivity index (χ3v) is 3.12. The third-order valence-electron chi connectivity index (χ3n) is 1.97. The van der Waals surface area contributed by atoms with E-state index in [9.17, 15) is 0 Å². The molecule has 0 atom stereocenters. The van der Waals surface area contributed by atoms with Gasteiger partial charge in [0.05, 0.1) is 15.4 Å². The van der Waals surface area contributed by atoms with Gasteiger partial charge in [0, 0.05) is 19.4 Å².